The molecule has 4 nitrogen and oxygen atoms in total. The van der Waals surface area contributed by atoms with E-state index < -0.39 is 0 Å². The first-order valence-corrected chi connectivity index (χ1v) is 7.66. The third-order valence-electron chi connectivity index (χ3n) is 3.86. The summed E-state index contributed by atoms with van der Waals surface area (Å²) in [5.41, 5.74) is 1.20. The summed E-state index contributed by atoms with van der Waals surface area (Å²) in [6.45, 7) is 7.07. The van der Waals surface area contributed by atoms with E-state index in [4.69, 9.17) is 4.74 Å². The lowest BCUT2D eigenvalue weighted by Crippen LogP contribution is -2.40. The molecule has 0 amide bonds. The zero-order valence-electron chi connectivity index (χ0n) is 12.9. The quantitative estimate of drug-likeness (QED) is 0.866. The minimum absolute atomic E-state index is 0.493. The molecule has 1 aromatic heterocycles. The highest BCUT2D eigenvalue weighted by Crippen LogP contribution is 2.16. The van der Waals surface area contributed by atoms with Crippen molar-refractivity contribution in [1.29, 1.82) is 0 Å². The second-order valence-corrected chi connectivity index (χ2v) is 5.98. The Hall–Kier alpha value is -1.13. The Balaban J connectivity index is 1.78. The first-order valence-electron chi connectivity index (χ1n) is 7.66. The normalized spacial score (nSPS) is 20.3. The van der Waals surface area contributed by atoms with Crippen molar-refractivity contribution < 1.29 is 4.74 Å². The standard InChI is InChI=1S/C16H27N3O/c1-13(2)17-10-14-7-8-16(18-11-14)20-12-15-6-4-5-9-19(15)3/h7-8,11,13,15,17H,4-6,9-10,12H2,1-3H3. The number of nitrogens with one attached hydrogen (secondary N) is 1. The van der Waals surface area contributed by atoms with Crippen LogP contribution < -0.4 is 10.1 Å². The number of rotatable bonds is 6. The van der Waals surface area contributed by atoms with Crippen molar-refractivity contribution in [3.8, 4) is 5.88 Å². The van der Waals surface area contributed by atoms with Crippen LogP contribution in [0, 0.1) is 0 Å². The van der Waals surface area contributed by atoms with Gasteiger partial charge < -0.3 is 15.0 Å². The van der Waals surface area contributed by atoms with Crippen molar-refractivity contribution in [2.24, 2.45) is 0 Å². The fraction of sp³-hybridized carbons (Fsp3) is 0.688. The Labute approximate surface area is 122 Å². The molecule has 1 aliphatic heterocycles. The molecule has 1 aliphatic rings. The monoisotopic (exact) mass is 277 g/mol. The van der Waals surface area contributed by atoms with Crippen LogP contribution >= 0.6 is 0 Å². The Morgan fingerprint density at radius 1 is 1.40 bits per heavy atom. The van der Waals surface area contributed by atoms with Gasteiger partial charge in [0.25, 0.3) is 0 Å². The maximum atomic E-state index is 5.82. The van der Waals surface area contributed by atoms with E-state index >= 15 is 0 Å². The highest BCUT2D eigenvalue weighted by molar-refractivity contribution is 5.17. The van der Waals surface area contributed by atoms with E-state index in [1.165, 1.54) is 31.4 Å². The van der Waals surface area contributed by atoms with E-state index in [0.29, 0.717) is 12.1 Å². The molecule has 2 rings (SSSR count). The summed E-state index contributed by atoms with van der Waals surface area (Å²) in [7, 11) is 2.18. The second kappa shape index (κ2) is 7.60. The van der Waals surface area contributed by atoms with E-state index in [9.17, 15) is 0 Å². The average Bonchev–Trinajstić information content (AvgIpc) is 2.45. The number of hydrogen-bond donors (Lipinski definition) is 1. The number of likely N-dealkylation sites (tertiary alicyclic amines) is 1. The fourth-order valence-electron chi connectivity index (χ4n) is 2.46. The Morgan fingerprint density at radius 2 is 2.25 bits per heavy atom. The van der Waals surface area contributed by atoms with Crippen LogP contribution in [0.4, 0.5) is 0 Å². The largest absolute Gasteiger partial charge is 0.476 e. The summed E-state index contributed by atoms with van der Waals surface area (Å²) in [6, 6.07) is 5.09. The van der Waals surface area contributed by atoms with Crippen LogP contribution in [0.5, 0.6) is 5.88 Å². The highest BCUT2D eigenvalue weighted by Gasteiger charge is 2.19. The molecule has 0 saturated carbocycles. The van der Waals surface area contributed by atoms with Gasteiger partial charge in [-0.05, 0) is 32.0 Å². The minimum Gasteiger partial charge on any atom is -0.476 e. The molecule has 1 unspecified atom stereocenters. The summed E-state index contributed by atoms with van der Waals surface area (Å²) in [5, 5.41) is 3.38. The maximum absolute atomic E-state index is 5.82. The highest BCUT2D eigenvalue weighted by atomic mass is 16.5. The maximum Gasteiger partial charge on any atom is 0.213 e. The summed E-state index contributed by atoms with van der Waals surface area (Å²) in [5.74, 6) is 0.734. The van der Waals surface area contributed by atoms with Gasteiger partial charge in [0.2, 0.25) is 5.88 Å². The van der Waals surface area contributed by atoms with Crippen molar-refractivity contribution in [1.82, 2.24) is 15.2 Å². The minimum atomic E-state index is 0.493. The smallest absolute Gasteiger partial charge is 0.213 e. The van der Waals surface area contributed by atoms with Crippen molar-refractivity contribution in [2.45, 2.75) is 51.7 Å². The topological polar surface area (TPSA) is 37.4 Å². The summed E-state index contributed by atoms with van der Waals surface area (Å²) in [4.78, 5) is 6.78. The van der Waals surface area contributed by atoms with E-state index in [0.717, 1.165) is 19.0 Å². The summed E-state index contributed by atoms with van der Waals surface area (Å²) >= 11 is 0. The van der Waals surface area contributed by atoms with Crippen LogP contribution in [0.1, 0.15) is 38.7 Å². The lowest BCUT2D eigenvalue weighted by atomic mass is 10.0. The molecule has 0 bridgehead atoms. The number of ether oxygens (including phenoxy) is 1. The van der Waals surface area contributed by atoms with Crippen LogP contribution in [-0.2, 0) is 6.54 Å². The molecule has 0 aromatic carbocycles. The lowest BCUT2D eigenvalue weighted by molar-refractivity contribution is 0.122. The fourth-order valence-corrected chi connectivity index (χ4v) is 2.46. The van der Waals surface area contributed by atoms with Gasteiger partial charge in [-0.15, -0.1) is 0 Å². The van der Waals surface area contributed by atoms with Crippen molar-refractivity contribution in [3.63, 3.8) is 0 Å². The molecule has 1 atom stereocenters. The number of likely N-dealkylation sites (N-methyl/N-ethyl adjacent to an activating group) is 1. The van der Waals surface area contributed by atoms with Gasteiger partial charge in [0.15, 0.2) is 0 Å². The Morgan fingerprint density at radius 3 is 2.90 bits per heavy atom. The van der Waals surface area contributed by atoms with E-state index in [-0.39, 0.29) is 0 Å². The third-order valence-corrected chi connectivity index (χ3v) is 3.86. The predicted molar refractivity (Wildman–Crippen MR) is 82.0 cm³/mol. The van der Waals surface area contributed by atoms with E-state index in [1.54, 1.807) is 0 Å². The van der Waals surface area contributed by atoms with Gasteiger partial charge in [0.1, 0.15) is 6.61 Å². The number of piperidine rings is 1. The molecule has 4 heteroatoms. The molecule has 20 heavy (non-hydrogen) atoms. The third kappa shape index (κ3) is 4.76. The first kappa shape index (κ1) is 15.3. The van der Waals surface area contributed by atoms with E-state index in [2.05, 4.69) is 42.2 Å². The Bertz CT molecular complexity index is 391. The van der Waals surface area contributed by atoms with Gasteiger partial charge in [-0.3, -0.25) is 0 Å². The van der Waals surface area contributed by atoms with E-state index in [1.807, 2.05) is 12.3 Å². The van der Waals surface area contributed by atoms with Crippen LogP contribution in [0.3, 0.4) is 0 Å². The van der Waals surface area contributed by atoms with Gasteiger partial charge in [0, 0.05) is 30.9 Å². The number of aromatic nitrogens is 1. The molecule has 1 saturated heterocycles. The van der Waals surface area contributed by atoms with Gasteiger partial charge in [-0.1, -0.05) is 26.3 Å². The molecular weight excluding hydrogens is 250 g/mol. The molecule has 0 radical (unpaired) electrons. The molecule has 0 spiro atoms. The van der Waals surface area contributed by atoms with Crippen LogP contribution in [0.25, 0.3) is 0 Å². The molecule has 1 aromatic rings. The van der Waals surface area contributed by atoms with Crippen LogP contribution in [0.15, 0.2) is 18.3 Å². The summed E-state index contributed by atoms with van der Waals surface area (Å²) in [6.07, 6.45) is 5.75. The molecule has 0 aliphatic carbocycles. The van der Waals surface area contributed by atoms with Gasteiger partial charge >= 0.3 is 0 Å². The van der Waals surface area contributed by atoms with Crippen molar-refractivity contribution >= 4 is 0 Å². The zero-order chi connectivity index (χ0) is 14.4. The van der Waals surface area contributed by atoms with Crippen LogP contribution in [-0.4, -0.2) is 42.2 Å². The van der Waals surface area contributed by atoms with Crippen molar-refractivity contribution in [3.05, 3.63) is 23.9 Å². The molecule has 2 heterocycles. The van der Waals surface area contributed by atoms with Crippen LogP contribution in [0.2, 0.25) is 0 Å². The lowest BCUT2D eigenvalue weighted by Gasteiger charge is -2.31. The first-order chi connectivity index (χ1) is 9.65. The average molecular weight is 277 g/mol. The molecule has 112 valence electrons. The van der Waals surface area contributed by atoms with Gasteiger partial charge in [0.05, 0.1) is 0 Å². The molecule has 1 N–H and O–H groups in total. The van der Waals surface area contributed by atoms with Crippen molar-refractivity contribution in [2.75, 3.05) is 20.2 Å². The predicted octanol–water partition coefficient (Wildman–Crippen LogP) is 2.44. The Kier molecular flexibility index (Phi) is 5.80. The SMILES string of the molecule is CC(C)NCc1ccc(OCC2CCCCN2C)nc1. The summed E-state index contributed by atoms with van der Waals surface area (Å²) < 4.78 is 5.82. The van der Waals surface area contributed by atoms with Gasteiger partial charge in [-0.2, -0.15) is 0 Å². The molecular formula is C16H27N3O. The number of nitrogens with zero attached hydrogens (tertiary/aromatic N) is 2. The second-order valence-electron chi connectivity index (χ2n) is 5.98. The number of pyridine rings is 1. The molecule has 1 fully saturated rings. The number of hydrogen-bond acceptors (Lipinski definition) is 4. The zero-order valence-corrected chi connectivity index (χ0v) is 12.9. The van der Waals surface area contributed by atoms with Gasteiger partial charge in [-0.25, -0.2) is 4.98 Å².